The summed E-state index contributed by atoms with van der Waals surface area (Å²) in [5.41, 5.74) is 0.341. The fourth-order valence-electron chi connectivity index (χ4n) is 4.66. The maximum Gasteiger partial charge on any atom is 0.0687 e. The maximum absolute atomic E-state index is 6.52. The van der Waals surface area contributed by atoms with E-state index in [1.165, 1.54) is 0 Å². The van der Waals surface area contributed by atoms with Gasteiger partial charge >= 0.3 is 0 Å². The number of hydrogen-bond donors (Lipinski definition) is 0. The third-order valence-corrected chi connectivity index (χ3v) is 5.92. The van der Waals surface area contributed by atoms with E-state index in [1.54, 1.807) is 0 Å². The SMILES string of the molecule is CC(C)(C)C1C(C)(C)C(C)(C)OC(C)(C)C1(C)C. The van der Waals surface area contributed by atoms with E-state index >= 15 is 0 Å². The van der Waals surface area contributed by atoms with Gasteiger partial charge in [0.1, 0.15) is 0 Å². The number of hydrogen-bond acceptors (Lipinski definition) is 1. The van der Waals surface area contributed by atoms with Crippen LogP contribution in [-0.2, 0) is 4.74 Å². The molecule has 0 bridgehead atoms. The standard InChI is InChI=1S/C17H34O/c1-13(2,3)12-14(4,5)16(8,9)18-17(10,11)15(12,6)7/h12H,1-11H3. The molecule has 0 radical (unpaired) electrons. The Bertz CT molecular complexity index is 300. The molecule has 0 aromatic heterocycles. The van der Waals surface area contributed by atoms with Gasteiger partial charge in [-0.05, 0) is 49.9 Å². The molecule has 1 aliphatic rings. The molecule has 0 atom stereocenters. The van der Waals surface area contributed by atoms with Crippen LogP contribution in [0.4, 0.5) is 0 Å². The minimum absolute atomic E-state index is 0.107. The lowest BCUT2D eigenvalue weighted by Crippen LogP contribution is -2.68. The minimum Gasteiger partial charge on any atom is -0.369 e. The summed E-state index contributed by atoms with van der Waals surface area (Å²) >= 11 is 0. The monoisotopic (exact) mass is 254 g/mol. The quantitative estimate of drug-likeness (QED) is 0.571. The van der Waals surface area contributed by atoms with Crippen LogP contribution < -0.4 is 0 Å². The van der Waals surface area contributed by atoms with E-state index in [1.807, 2.05) is 0 Å². The Kier molecular flexibility index (Phi) is 3.33. The van der Waals surface area contributed by atoms with Gasteiger partial charge in [0, 0.05) is 0 Å². The van der Waals surface area contributed by atoms with Gasteiger partial charge < -0.3 is 4.74 Å². The molecule has 0 saturated carbocycles. The van der Waals surface area contributed by atoms with Crippen molar-refractivity contribution in [1.29, 1.82) is 0 Å². The Balaban J connectivity index is 3.48. The molecule has 1 heteroatoms. The Morgan fingerprint density at radius 1 is 0.667 bits per heavy atom. The van der Waals surface area contributed by atoms with Crippen LogP contribution in [-0.4, -0.2) is 11.2 Å². The Hall–Kier alpha value is -0.0400. The summed E-state index contributed by atoms with van der Waals surface area (Å²) in [5, 5.41) is 0. The fraction of sp³-hybridized carbons (Fsp3) is 1.00. The molecule has 1 rings (SSSR count). The van der Waals surface area contributed by atoms with Crippen molar-refractivity contribution in [3.05, 3.63) is 0 Å². The average molecular weight is 254 g/mol. The van der Waals surface area contributed by atoms with E-state index in [-0.39, 0.29) is 27.4 Å². The molecule has 0 aliphatic carbocycles. The van der Waals surface area contributed by atoms with Crippen LogP contribution in [0.15, 0.2) is 0 Å². The molecule has 1 aliphatic heterocycles. The van der Waals surface area contributed by atoms with Crippen molar-refractivity contribution in [2.75, 3.05) is 0 Å². The summed E-state index contributed by atoms with van der Waals surface area (Å²) < 4.78 is 6.52. The van der Waals surface area contributed by atoms with Gasteiger partial charge in [-0.3, -0.25) is 0 Å². The van der Waals surface area contributed by atoms with Gasteiger partial charge in [0.15, 0.2) is 0 Å². The topological polar surface area (TPSA) is 9.23 Å². The maximum atomic E-state index is 6.52. The van der Waals surface area contributed by atoms with Crippen LogP contribution in [0.3, 0.4) is 0 Å². The highest BCUT2D eigenvalue weighted by atomic mass is 16.5. The predicted octanol–water partition coefficient (Wildman–Crippen LogP) is 5.29. The molecule has 0 N–H and O–H groups in total. The average Bonchev–Trinajstić information content (AvgIpc) is 1.93. The van der Waals surface area contributed by atoms with Gasteiger partial charge in [-0.25, -0.2) is 0 Å². The summed E-state index contributed by atoms with van der Waals surface area (Å²) in [5.74, 6) is 0.594. The largest absolute Gasteiger partial charge is 0.369 e. The van der Waals surface area contributed by atoms with Gasteiger partial charge in [-0.1, -0.05) is 48.5 Å². The summed E-state index contributed by atoms with van der Waals surface area (Å²) in [6, 6.07) is 0. The Morgan fingerprint density at radius 3 is 1.17 bits per heavy atom. The molecule has 0 aromatic carbocycles. The van der Waals surface area contributed by atoms with Gasteiger partial charge in [0.05, 0.1) is 11.2 Å². The zero-order valence-corrected chi connectivity index (χ0v) is 14.5. The van der Waals surface area contributed by atoms with Crippen LogP contribution in [0.2, 0.25) is 0 Å². The molecule has 0 aromatic rings. The highest BCUT2D eigenvalue weighted by Crippen LogP contribution is 2.64. The van der Waals surface area contributed by atoms with Gasteiger partial charge in [-0.2, -0.15) is 0 Å². The molecular weight excluding hydrogens is 220 g/mol. The van der Waals surface area contributed by atoms with Crippen molar-refractivity contribution < 1.29 is 4.74 Å². The zero-order valence-electron chi connectivity index (χ0n) is 14.5. The van der Waals surface area contributed by atoms with Gasteiger partial charge in [-0.15, -0.1) is 0 Å². The molecular formula is C17H34O. The van der Waals surface area contributed by atoms with E-state index < -0.39 is 0 Å². The zero-order chi connectivity index (χ0) is 14.8. The highest BCUT2D eigenvalue weighted by Gasteiger charge is 2.64. The van der Waals surface area contributed by atoms with E-state index in [2.05, 4.69) is 76.2 Å². The Morgan fingerprint density at radius 2 is 0.944 bits per heavy atom. The molecule has 108 valence electrons. The Labute approximate surface area is 115 Å². The first-order valence-electron chi connectivity index (χ1n) is 7.27. The summed E-state index contributed by atoms with van der Waals surface area (Å²) in [7, 11) is 0. The van der Waals surface area contributed by atoms with Crippen LogP contribution in [0.5, 0.6) is 0 Å². The second-order valence-electron chi connectivity index (χ2n) is 9.37. The van der Waals surface area contributed by atoms with Crippen molar-refractivity contribution in [1.82, 2.24) is 0 Å². The van der Waals surface area contributed by atoms with Crippen molar-refractivity contribution >= 4 is 0 Å². The fourth-order valence-corrected chi connectivity index (χ4v) is 4.66. The number of rotatable bonds is 0. The molecule has 1 heterocycles. The molecule has 1 fully saturated rings. The van der Waals surface area contributed by atoms with Gasteiger partial charge in [0.25, 0.3) is 0 Å². The molecule has 1 nitrogen and oxygen atoms in total. The van der Waals surface area contributed by atoms with Crippen molar-refractivity contribution in [2.24, 2.45) is 22.2 Å². The predicted molar refractivity (Wildman–Crippen MR) is 79.8 cm³/mol. The molecule has 18 heavy (non-hydrogen) atoms. The lowest BCUT2D eigenvalue weighted by Gasteiger charge is -2.67. The third-order valence-electron chi connectivity index (χ3n) is 5.92. The van der Waals surface area contributed by atoms with Crippen LogP contribution in [0.25, 0.3) is 0 Å². The smallest absolute Gasteiger partial charge is 0.0687 e. The number of ether oxygens (including phenoxy) is 1. The van der Waals surface area contributed by atoms with Crippen molar-refractivity contribution in [3.8, 4) is 0 Å². The van der Waals surface area contributed by atoms with Crippen molar-refractivity contribution in [3.63, 3.8) is 0 Å². The first kappa shape index (κ1) is 16.0. The van der Waals surface area contributed by atoms with Crippen molar-refractivity contribution in [2.45, 2.75) is 87.4 Å². The molecule has 0 spiro atoms. The summed E-state index contributed by atoms with van der Waals surface area (Å²) in [6.07, 6.45) is 0. The van der Waals surface area contributed by atoms with Crippen LogP contribution in [0.1, 0.15) is 76.2 Å². The van der Waals surface area contributed by atoms with Crippen LogP contribution in [0, 0.1) is 22.2 Å². The first-order valence-corrected chi connectivity index (χ1v) is 7.27. The first-order chi connectivity index (χ1) is 7.57. The van der Waals surface area contributed by atoms with E-state index in [0.29, 0.717) is 5.92 Å². The lowest BCUT2D eigenvalue weighted by molar-refractivity contribution is -0.312. The van der Waals surface area contributed by atoms with E-state index in [0.717, 1.165) is 0 Å². The molecule has 1 saturated heterocycles. The third kappa shape index (κ3) is 2.03. The van der Waals surface area contributed by atoms with Gasteiger partial charge in [0.2, 0.25) is 0 Å². The second-order valence-corrected chi connectivity index (χ2v) is 9.37. The normalized spacial score (nSPS) is 30.2. The highest BCUT2D eigenvalue weighted by molar-refractivity contribution is 5.11. The minimum atomic E-state index is -0.107. The summed E-state index contributed by atoms with van der Waals surface area (Å²) in [4.78, 5) is 0. The van der Waals surface area contributed by atoms with Crippen LogP contribution >= 0.6 is 0 Å². The second kappa shape index (κ2) is 3.75. The molecule has 0 unspecified atom stereocenters. The lowest BCUT2D eigenvalue weighted by atomic mass is 9.46. The molecule has 0 amide bonds. The summed E-state index contributed by atoms with van der Waals surface area (Å²) in [6.45, 7) is 25.6. The van der Waals surface area contributed by atoms with E-state index in [4.69, 9.17) is 4.74 Å². The van der Waals surface area contributed by atoms with E-state index in [9.17, 15) is 0 Å².